The van der Waals surface area contributed by atoms with Crippen LogP contribution in [0.1, 0.15) is 13.8 Å². The molecule has 0 aliphatic heterocycles. The molecule has 0 spiro atoms. The molecule has 2 aromatic heterocycles. The lowest BCUT2D eigenvalue weighted by molar-refractivity contribution is 0.768. The average molecular weight is 308 g/mol. The molecule has 0 aliphatic carbocycles. The molecule has 0 bridgehead atoms. The first kappa shape index (κ1) is 15.0. The zero-order valence-corrected chi connectivity index (χ0v) is 13.5. The summed E-state index contributed by atoms with van der Waals surface area (Å²) in [6, 6.07) is 12.1. The molecule has 6 heteroatoms. The average Bonchev–Trinajstić information content (AvgIpc) is 2.92. The van der Waals surface area contributed by atoms with Crippen molar-refractivity contribution in [1.82, 2.24) is 19.7 Å². The van der Waals surface area contributed by atoms with E-state index in [4.69, 9.17) is 0 Å². The van der Waals surface area contributed by atoms with E-state index < -0.39 is 0 Å². The maximum Gasteiger partial charge on any atom is 0.163 e. The fourth-order valence-corrected chi connectivity index (χ4v) is 2.23. The second-order valence-corrected chi connectivity index (χ2v) is 5.65. The summed E-state index contributed by atoms with van der Waals surface area (Å²) in [5.41, 5.74) is 1.87. The highest BCUT2D eigenvalue weighted by Gasteiger charge is 2.08. The normalized spacial score (nSPS) is 10.8. The van der Waals surface area contributed by atoms with Gasteiger partial charge in [0, 0.05) is 30.9 Å². The zero-order chi connectivity index (χ0) is 16.2. The number of benzene rings is 1. The SMILES string of the molecule is CC(C)Nc1cc(Nc2cnn(C)c2)nc(-c2ccccc2)n1. The quantitative estimate of drug-likeness (QED) is 0.755. The van der Waals surface area contributed by atoms with E-state index in [2.05, 4.69) is 39.5 Å². The number of aromatic nitrogens is 4. The minimum atomic E-state index is 0.291. The minimum absolute atomic E-state index is 0.291. The third-order valence-corrected chi connectivity index (χ3v) is 3.17. The molecule has 23 heavy (non-hydrogen) atoms. The Morgan fingerprint density at radius 1 is 1.04 bits per heavy atom. The highest BCUT2D eigenvalue weighted by molar-refractivity contribution is 5.64. The van der Waals surface area contributed by atoms with Crippen molar-refractivity contribution in [3.63, 3.8) is 0 Å². The van der Waals surface area contributed by atoms with Gasteiger partial charge in [0.2, 0.25) is 0 Å². The van der Waals surface area contributed by atoms with Crippen LogP contribution < -0.4 is 10.6 Å². The van der Waals surface area contributed by atoms with Gasteiger partial charge in [0.1, 0.15) is 11.6 Å². The van der Waals surface area contributed by atoms with E-state index in [1.54, 1.807) is 10.9 Å². The van der Waals surface area contributed by atoms with Gasteiger partial charge in [-0.2, -0.15) is 5.10 Å². The second kappa shape index (κ2) is 6.48. The second-order valence-electron chi connectivity index (χ2n) is 5.65. The Labute approximate surface area is 135 Å². The van der Waals surface area contributed by atoms with Crippen LogP contribution in [0, 0.1) is 0 Å². The first-order valence-electron chi connectivity index (χ1n) is 7.57. The van der Waals surface area contributed by atoms with Crippen molar-refractivity contribution in [1.29, 1.82) is 0 Å². The van der Waals surface area contributed by atoms with Gasteiger partial charge in [0.25, 0.3) is 0 Å². The van der Waals surface area contributed by atoms with Gasteiger partial charge in [0.15, 0.2) is 5.82 Å². The maximum absolute atomic E-state index is 4.62. The summed E-state index contributed by atoms with van der Waals surface area (Å²) in [4.78, 5) is 9.22. The Morgan fingerprint density at radius 2 is 1.78 bits per heavy atom. The number of nitrogens with one attached hydrogen (secondary N) is 2. The van der Waals surface area contributed by atoms with Crippen molar-refractivity contribution in [2.24, 2.45) is 7.05 Å². The molecular weight excluding hydrogens is 288 g/mol. The molecule has 3 rings (SSSR count). The predicted molar refractivity (Wildman–Crippen MR) is 92.7 cm³/mol. The molecule has 0 aliphatic rings. The van der Waals surface area contributed by atoms with E-state index >= 15 is 0 Å². The molecule has 3 aromatic rings. The molecule has 0 unspecified atom stereocenters. The highest BCUT2D eigenvalue weighted by Crippen LogP contribution is 2.22. The van der Waals surface area contributed by atoms with Crippen LogP contribution in [0.15, 0.2) is 48.8 Å². The molecule has 0 amide bonds. The highest BCUT2D eigenvalue weighted by atomic mass is 15.3. The van der Waals surface area contributed by atoms with E-state index in [0.29, 0.717) is 11.9 Å². The van der Waals surface area contributed by atoms with Crippen molar-refractivity contribution in [2.75, 3.05) is 10.6 Å². The smallest absolute Gasteiger partial charge is 0.163 e. The maximum atomic E-state index is 4.62. The van der Waals surface area contributed by atoms with Gasteiger partial charge in [-0.05, 0) is 13.8 Å². The fraction of sp³-hybridized carbons (Fsp3) is 0.235. The number of hydrogen-bond acceptors (Lipinski definition) is 5. The molecule has 118 valence electrons. The Hall–Kier alpha value is -2.89. The Morgan fingerprint density at radius 3 is 2.43 bits per heavy atom. The molecule has 6 nitrogen and oxygen atoms in total. The summed E-state index contributed by atoms with van der Waals surface area (Å²) >= 11 is 0. The summed E-state index contributed by atoms with van der Waals surface area (Å²) in [6.07, 6.45) is 3.67. The van der Waals surface area contributed by atoms with Crippen LogP contribution >= 0.6 is 0 Å². The van der Waals surface area contributed by atoms with Crippen LogP contribution in [0.3, 0.4) is 0 Å². The Kier molecular flexibility index (Phi) is 4.23. The van der Waals surface area contributed by atoms with Crippen LogP contribution in [0.2, 0.25) is 0 Å². The summed E-state index contributed by atoms with van der Waals surface area (Å²) in [7, 11) is 1.88. The molecule has 0 saturated carbocycles. The van der Waals surface area contributed by atoms with Crippen LogP contribution in [0.4, 0.5) is 17.3 Å². The molecule has 0 saturated heterocycles. The topological polar surface area (TPSA) is 67.7 Å². The van der Waals surface area contributed by atoms with E-state index in [0.717, 1.165) is 22.9 Å². The Bertz CT molecular complexity index is 779. The predicted octanol–water partition coefficient (Wildman–Crippen LogP) is 3.44. The first-order chi connectivity index (χ1) is 11.1. The van der Waals surface area contributed by atoms with Gasteiger partial charge < -0.3 is 10.6 Å². The minimum Gasteiger partial charge on any atom is -0.368 e. The summed E-state index contributed by atoms with van der Waals surface area (Å²) in [6.45, 7) is 4.16. The van der Waals surface area contributed by atoms with Crippen LogP contribution in [0.25, 0.3) is 11.4 Å². The number of aryl methyl sites for hydroxylation is 1. The lowest BCUT2D eigenvalue weighted by Gasteiger charge is -2.13. The molecule has 2 N–H and O–H groups in total. The lowest BCUT2D eigenvalue weighted by Crippen LogP contribution is -2.12. The molecule has 0 atom stereocenters. The van der Waals surface area contributed by atoms with Crippen molar-refractivity contribution in [3.8, 4) is 11.4 Å². The van der Waals surface area contributed by atoms with E-state index in [1.165, 1.54) is 0 Å². The van der Waals surface area contributed by atoms with Crippen LogP contribution in [-0.4, -0.2) is 25.8 Å². The summed E-state index contributed by atoms with van der Waals surface area (Å²) in [5.74, 6) is 2.21. The third kappa shape index (κ3) is 3.85. The monoisotopic (exact) mass is 308 g/mol. The van der Waals surface area contributed by atoms with Crippen LogP contribution in [-0.2, 0) is 7.05 Å². The number of rotatable bonds is 5. The van der Waals surface area contributed by atoms with Crippen molar-refractivity contribution >= 4 is 17.3 Å². The molecule has 1 aromatic carbocycles. The number of hydrogen-bond donors (Lipinski definition) is 2. The standard InChI is InChI=1S/C17H20N6/c1-12(2)19-15-9-16(20-14-10-18-23(3)11-14)22-17(21-15)13-7-5-4-6-8-13/h4-12H,1-3H3,(H2,19,20,21,22). The van der Waals surface area contributed by atoms with Crippen molar-refractivity contribution in [2.45, 2.75) is 19.9 Å². The van der Waals surface area contributed by atoms with Gasteiger partial charge in [0.05, 0.1) is 11.9 Å². The molecule has 0 fully saturated rings. The largest absolute Gasteiger partial charge is 0.368 e. The number of nitrogens with zero attached hydrogens (tertiary/aromatic N) is 4. The molecular formula is C17H20N6. The van der Waals surface area contributed by atoms with Gasteiger partial charge in [-0.3, -0.25) is 4.68 Å². The van der Waals surface area contributed by atoms with Crippen LogP contribution in [0.5, 0.6) is 0 Å². The third-order valence-electron chi connectivity index (χ3n) is 3.17. The number of anilines is 3. The van der Waals surface area contributed by atoms with Gasteiger partial charge in [-0.15, -0.1) is 0 Å². The van der Waals surface area contributed by atoms with E-state index in [-0.39, 0.29) is 0 Å². The molecule has 0 radical (unpaired) electrons. The van der Waals surface area contributed by atoms with Crippen molar-refractivity contribution in [3.05, 3.63) is 48.8 Å². The fourth-order valence-electron chi connectivity index (χ4n) is 2.23. The van der Waals surface area contributed by atoms with Gasteiger partial charge >= 0.3 is 0 Å². The summed E-state index contributed by atoms with van der Waals surface area (Å²) < 4.78 is 1.74. The first-order valence-corrected chi connectivity index (χ1v) is 7.57. The molecule has 2 heterocycles. The lowest BCUT2D eigenvalue weighted by atomic mass is 10.2. The Balaban J connectivity index is 1.97. The zero-order valence-electron chi connectivity index (χ0n) is 13.5. The van der Waals surface area contributed by atoms with Gasteiger partial charge in [-0.25, -0.2) is 9.97 Å². The van der Waals surface area contributed by atoms with Crippen molar-refractivity contribution < 1.29 is 0 Å². The van der Waals surface area contributed by atoms with Gasteiger partial charge in [-0.1, -0.05) is 30.3 Å². The van der Waals surface area contributed by atoms with E-state index in [9.17, 15) is 0 Å². The summed E-state index contributed by atoms with van der Waals surface area (Å²) in [5, 5.41) is 10.8. The van der Waals surface area contributed by atoms with E-state index in [1.807, 2.05) is 49.6 Å².